The minimum atomic E-state index is 0. The quantitative estimate of drug-likeness (QED) is 0.0481. The van der Waals surface area contributed by atoms with Crippen LogP contribution in [0, 0.1) is 0 Å². The van der Waals surface area contributed by atoms with Gasteiger partial charge in [-0.2, -0.15) is 0 Å². The zero-order chi connectivity index (χ0) is 32.4. The minimum absolute atomic E-state index is 0. The second-order valence-electron chi connectivity index (χ2n) is 15.3. The maximum absolute atomic E-state index is 2.55. The summed E-state index contributed by atoms with van der Waals surface area (Å²) >= 11 is 0. The molecule has 0 heterocycles. The molecule has 0 N–H and O–H groups in total. The third-order valence-electron chi connectivity index (χ3n) is 10.5. The Hall–Kier alpha value is -0.340. The summed E-state index contributed by atoms with van der Waals surface area (Å²) in [5, 5.41) is 0. The number of unbranched alkanes of at least 4 members (excludes halogenated alkanes) is 30. The highest BCUT2D eigenvalue weighted by Gasteiger charge is 2.21. The van der Waals surface area contributed by atoms with Crippen LogP contribution in [0.15, 0.2) is 30.3 Å². The van der Waals surface area contributed by atoms with E-state index >= 15 is 0 Å². The third-order valence-corrected chi connectivity index (χ3v) is 10.5. The van der Waals surface area contributed by atoms with E-state index in [2.05, 4.69) is 51.2 Å². The highest BCUT2D eigenvalue weighted by Crippen LogP contribution is 2.19. The van der Waals surface area contributed by atoms with Gasteiger partial charge in [-0.25, -0.2) is 0 Å². The van der Waals surface area contributed by atoms with Gasteiger partial charge in [0.05, 0.1) is 20.1 Å². The zero-order valence-electron chi connectivity index (χ0n) is 32.0. The lowest BCUT2D eigenvalue weighted by molar-refractivity contribution is -0.923. The monoisotopic (exact) mass is 706 g/mol. The van der Waals surface area contributed by atoms with E-state index in [0.29, 0.717) is 0 Å². The Balaban J connectivity index is 0.0000202. The van der Waals surface area contributed by atoms with Crippen LogP contribution >= 0.6 is 0 Å². The largest absolute Gasteiger partial charge is 1.00 e. The van der Waals surface area contributed by atoms with E-state index in [1.807, 2.05) is 0 Å². The first kappa shape index (κ1) is 45.7. The summed E-state index contributed by atoms with van der Waals surface area (Å²) < 4.78 is 1.24. The molecular weight excluding hydrogens is 622 g/mol. The SMILES string of the molecule is CCCCCCCCCCCCCCCCCC[N+](C)(CCCCCCCCCCCCCCCCCC)Cc1ccccc1.[Br-]. The first-order valence-electron chi connectivity index (χ1n) is 21.1. The van der Waals surface area contributed by atoms with Gasteiger partial charge in [0.1, 0.15) is 6.54 Å². The predicted molar refractivity (Wildman–Crippen MR) is 205 cm³/mol. The van der Waals surface area contributed by atoms with Crippen molar-refractivity contribution >= 4 is 0 Å². The Bertz CT molecular complexity index is 652. The fourth-order valence-electron chi connectivity index (χ4n) is 7.38. The van der Waals surface area contributed by atoms with E-state index in [9.17, 15) is 0 Å². The standard InChI is InChI=1S/C44H84N.BrH/c1-4-6-8-10-12-14-16-18-20-22-24-26-28-30-32-37-41-45(3,43-44-39-35-34-36-40-44)42-38-33-31-29-27-25-23-21-19-17-15-13-11-9-7-5-2;/h34-36,39-40H,4-33,37-38,41-43H2,1-3H3;1H/q+1;/p-1. The van der Waals surface area contributed by atoms with Gasteiger partial charge in [0.2, 0.25) is 0 Å². The number of nitrogens with zero attached hydrogens (tertiary/aromatic N) is 1. The molecule has 0 aliphatic carbocycles. The van der Waals surface area contributed by atoms with Crippen LogP contribution in [-0.2, 0) is 6.54 Å². The molecule has 272 valence electrons. The van der Waals surface area contributed by atoms with E-state index < -0.39 is 0 Å². The number of halogens is 1. The number of hydrogen-bond acceptors (Lipinski definition) is 0. The van der Waals surface area contributed by atoms with Gasteiger partial charge >= 0.3 is 0 Å². The summed E-state index contributed by atoms with van der Waals surface area (Å²) in [6.45, 7) is 8.53. The fourth-order valence-corrected chi connectivity index (χ4v) is 7.38. The Morgan fingerprint density at radius 3 is 0.848 bits per heavy atom. The molecule has 0 aliphatic rings. The van der Waals surface area contributed by atoms with Crippen LogP contribution in [0.2, 0.25) is 0 Å². The predicted octanol–water partition coefficient (Wildman–Crippen LogP) is 12.2. The first-order valence-corrected chi connectivity index (χ1v) is 21.1. The van der Waals surface area contributed by atoms with Crippen LogP contribution in [0.5, 0.6) is 0 Å². The Labute approximate surface area is 302 Å². The van der Waals surface area contributed by atoms with E-state index in [1.165, 1.54) is 235 Å². The van der Waals surface area contributed by atoms with Crippen LogP contribution < -0.4 is 17.0 Å². The summed E-state index contributed by atoms with van der Waals surface area (Å²) in [4.78, 5) is 0. The van der Waals surface area contributed by atoms with Crippen molar-refractivity contribution in [3.63, 3.8) is 0 Å². The molecule has 1 nitrogen and oxygen atoms in total. The maximum atomic E-state index is 2.55. The fraction of sp³-hybridized carbons (Fsp3) is 0.864. The maximum Gasteiger partial charge on any atom is 0.104 e. The molecule has 0 fully saturated rings. The summed E-state index contributed by atoms with van der Waals surface area (Å²) in [6.07, 6.45) is 46.5. The average Bonchev–Trinajstić information content (AvgIpc) is 3.05. The molecule has 2 heteroatoms. The smallest absolute Gasteiger partial charge is 0.104 e. The van der Waals surface area contributed by atoms with Crippen LogP contribution in [-0.4, -0.2) is 24.6 Å². The van der Waals surface area contributed by atoms with Crippen molar-refractivity contribution in [2.45, 2.75) is 226 Å². The van der Waals surface area contributed by atoms with Gasteiger partial charge in [-0.1, -0.05) is 224 Å². The Morgan fingerprint density at radius 2 is 0.587 bits per heavy atom. The van der Waals surface area contributed by atoms with Crippen LogP contribution in [0.4, 0.5) is 0 Å². The lowest BCUT2D eigenvalue weighted by atomic mass is 10.0. The lowest BCUT2D eigenvalue weighted by Gasteiger charge is -2.35. The number of hydrogen-bond donors (Lipinski definition) is 0. The van der Waals surface area contributed by atoms with Crippen LogP contribution in [0.25, 0.3) is 0 Å². The molecule has 1 aromatic rings. The highest BCUT2D eigenvalue weighted by atomic mass is 79.9. The second-order valence-corrected chi connectivity index (χ2v) is 15.3. The van der Waals surface area contributed by atoms with Crippen molar-refractivity contribution in [1.82, 2.24) is 0 Å². The molecule has 1 aromatic carbocycles. The molecule has 0 unspecified atom stereocenters. The molecule has 0 bridgehead atoms. The second kappa shape index (κ2) is 36.0. The van der Waals surface area contributed by atoms with Crippen LogP contribution in [0.3, 0.4) is 0 Å². The lowest BCUT2D eigenvalue weighted by Crippen LogP contribution is -3.00. The van der Waals surface area contributed by atoms with Gasteiger partial charge in [-0.15, -0.1) is 0 Å². The molecule has 46 heavy (non-hydrogen) atoms. The van der Waals surface area contributed by atoms with Gasteiger partial charge in [-0.3, -0.25) is 0 Å². The molecular formula is C44H84BrN. The third kappa shape index (κ3) is 31.0. The van der Waals surface area contributed by atoms with Gasteiger partial charge in [-0.05, 0) is 25.7 Å². The average molecular weight is 707 g/mol. The summed E-state index contributed by atoms with van der Waals surface area (Å²) in [6, 6.07) is 11.3. The van der Waals surface area contributed by atoms with Crippen LogP contribution in [0.1, 0.15) is 225 Å². The molecule has 0 radical (unpaired) electrons. The highest BCUT2D eigenvalue weighted by molar-refractivity contribution is 5.13. The molecule has 0 saturated carbocycles. The van der Waals surface area contributed by atoms with Crippen molar-refractivity contribution < 1.29 is 21.5 Å². The molecule has 0 spiro atoms. The minimum Gasteiger partial charge on any atom is -1.00 e. The van der Waals surface area contributed by atoms with Crippen molar-refractivity contribution in [3.05, 3.63) is 35.9 Å². The van der Waals surface area contributed by atoms with Gasteiger partial charge in [0.25, 0.3) is 0 Å². The number of quaternary nitrogens is 1. The molecule has 0 aliphatic heterocycles. The molecule has 0 amide bonds. The first-order chi connectivity index (χ1) is 22.2. The Kier molecular flexibility index (Phi) is 35.7. The number of rotatable bonds is 36. The van der Waals surface area contributed by atoms with Gasteiger partial charge in [0.15, 0.2) is 0 Å². The van der Waals surface area contributed by atoms with Gasteiger partial charge in [0, 0.05) is 5.56 Å². The van der Waals surface area contributed by atoms with E-state index in [-0.39, 0.29) is 17.0 Å². The Morgan fingerprint density at radius 1 is 0.348 bits per heavy atom. The topological polar surface area (TPSA) is 0 Å². The summed E-state index contributed by atoms with van der Waals surface area (Å²) in [7, 11) is 2.55. The molecule has 0 saturated heterocycles. The van der Waals surface area contributed by atoms with Crippen molar-refractivity contribution in [2.75, 3.05) is 20.1 Å². The molecule has 0 aromatic heterocycles. The summed E-state index contributed by atoms with van der Waals surface area (Å²) in [5.74, 6) is 0. The molecule has 0 atom stereocenters. The van der Waals surface area contributed by atoms with E-state index in [4.69, 9.17) is 0 Å². The normalized spacial score (nSPS) is 11.6. The van der Waals surface area contributed by atoms with E-state index in [0.717, 1.165) is 0 Å². The zero-order valence-corrected chi connectivity index (χ0v) is 33.5. The van der Waals surface area contributed by atoms with Gasteiger partial charge < -0.3 is 21.5 Å². The summed E-state index contributed by atoms with van der Waals surface area (Å²) in [5.41, 5.74) is 1.52. The van der Waals surface area contributed by atoms with E-state index in [1.54, 1.807) is 0 Å². The number of benzene rings is 1. The van der Waals surface area contributed by atoms with Crippen molar-refractivity contribution in [1.29, 1.82) is 0 Å². The van der Waals surface area contributed by atoms with Crippen molar-refractivity contribution in [3.8, 4) is 0 Å². The van der Waals surface area contributed by atoms with Crippen molar-refractivity contribution in [2.24, 2.45) is 0 Å². The molecule has 1 rings (SSSR count).